The quantitative estimate of drug-likeness (QED) is 0.475. The van der Waals surface area contributed by atoms with E-state index in [1.807, 2.05) is 42.5 Å². The van der Waals surface area contributed by atoms with Crippen LogP contribution < -0.4 is 4.90 Å². The van der Waals surface area contributed by atoms with Gasteiger partial charge in [0.25, 0.3) is 0 Å². The Kier molecular flexibility index (Phi) is 4.79. The van der Waals surface area contributed by atoms with Gasteiger partial charge in [0, 0.05) is 18.5 Å². The molecule has 0 radical (unpaired) electrons. The van der Waals surface area contributed by atoms with Crippen molar-refractivity contribution < 1.29 is 4.39 Å². The van der Waals surface area contributed by atoms with E-state index in [9.17, 15) is 4.39 Å². The molecule has 0 atom stereocenters. The van der Waals surface area contributed by atoms with Crippen LogP contribution in [0.5, 0.6) is 0 Å². The van der Waals surface area contributed by atoms with Gasteiger partial charge >= 0.3 is 0 Å². The zero-order valence-corrected chi connectivity index (χ0v) is 15.1. The van der Waals surface area contributed by atoms with E-state index in [0.29, 0.717) is 11.4 Å². The molecule has 4 heteroatoms. The fourth-order valence-corrected chi connectivity index (χ4v) is 3.20. The molecule has 4 aromatic rings. The third-order valence-corrected chi connectivity index (χ3v) is 4.60. The Morgan fingerprint density at radius 3 is 2.30 bits per heavy atom. The van der Waals surface area contributed by atoms with Gasteiger partial charge in [-0.3, -0.25) is 0 Å². The number of fused-ring (bicyclic) bond motifs is 1. The standard InChI is InChI=1S/C23H20FN3/c1-2-27(16-17-10-4-3-5-11-17)23-19-13-7-9-15-21(19)25-22(26-23)18-12-6-8-14-20(18)24/h3-15H,2,16H2,1H3. The van der Waals surface area contributed by atoms with E-state index in [1.54, 1.807) is 18.2 Å². The maximum absolute atomic E-state index is 14.3. The number of para-hydroxylation sites is 1. The first-order valence-electron chi connectivity index (χ1n) is 9.07. The van der Waals surface area contributed by atoms with Crippen LogP contribution in [0, 0.1) is 5.82 Å². The highest BCUT2D eigenvalue weighted by atomic mass is 19.1. The van der Waals surface area contributed by atoms with Gasteiger partial charge in [0.2, 0.25) is 0 Å². The van der Waals surface area contributed by atoms with Crippen LogP contribution >= 0.6 is 0 Å². The molecule has 0 N–H and O–H groups in total. The highest BCUT2D eigenvalue weighted by Gasteiger charge is 2.16. The van der Waals surface area contributed by atoms with E-state index >= 15 is 0 Å². The second-order valence-corrected chi connectivity index (χ2v) is 6.37. The maximum Gasteiger partial charge on any atom is 0.165 e. The number of hydrogen-bond acceptors (Lipinski definition) is 3. The first-order valence-corrected chi connectivity index (χ1v) is 9.07. The maximum atomic E-state index is 14.3. The molecule has 0 saturated carbocycles. The first-order chi connectivity index (χ1) is 13.3. The van der Waals surface area contributed by atoms with E-state index in [2.05, 4.69) is 28.9 Å². The van der Waals surface area contributed by atoms with E-state index in [0.717, 1.165) is 29.8 Å². The van der Waals surface area contributed by atoms with Crippen molar-refractivity contribution >= 4 is 16.7 Å². The summed E-state index contributed by atoms with van der Waals surface area (Å²) in [4.78, 5) is 11.6. The average Bonchev–Trinajstić information content (AvgIpc) is 2.72. The predicted octanol–water partition coefficient (Wildman–Crippen LogP) is 5.46. The Bertz CT molecular complexity index is 1060. The summed E-state index contributed by atoms with van der Waals surface area (Å²) in [7, 11) is 0. The third-order valence-electron chi connectivity index (χ3n) is 4.60. The number of anilines is 1. The summed E-state index contributed by atoms with van der Waals surface area (Å²) in [6.07, 6.45) is 0. The minimum atomic E-state index is -0.315. The second-order valence-electron chi connectivity index (χ2n) is 6.37. The molecule has 0 spiro atoms. The molecule has 134 valence electrons. The van der Waals surface area contributed by atoms with E-state index in [1.165, 1.54) is 11.6 Å². The van der Waals surface area contributed by atoms with Crippen molar-refractivity contribution in [2.45, 2.75) is 13.5 Å². The smallest absolute Gasteiger partial charge is 0.165 e. The Labute approximate surface area is 158 Å². The lowest BCUT2D eigenvalue weighted by Gasteiger charge is -2.24. The van der Waals surface area contributed by atoms with Crippen LogP contribution in [-0.4, -0.2) is 16.5 Å². The zero-order valence-electron chi connectivity index (χ0n) is 15.1. The van der Waals surface area contributed by atoms with Gasteiger partial charge in [-0.25, -0.2) is 14.4 Å². The van der Waals surface area contributed by atoms with Crippen molar-refractivity contribution in [2.75, 3.05) is 11.4 Å². The minimum absolute atomic E-state index is 0.315. The molecule has 27 heavy (non-hydrogen) atoms. The van der Waals surface area contributed by atoms with Gasteiger partial charge < -0.3 is 4.90 Å². The molecular formula is C23H20FN3. The van der Waals surface area contributed by atoms with Gasteiger partial charge in [-0.1, -0.05) is 54.6 Å². The monoisotopic (exact) mass is 357 g/mol. The van der Waals surface area contributed by atoms with Gasteiger partial charge in [0.05, 0.1) is 11.1 Å². The summed E-state index contributed by atoms with van der Waals surface area (Å²) in [5.74, 6) is 0.920. The molecule has 1 aromatic heterocycles. The fourth-order valence-electron chi connectivity index (χ4n) is 3.20. The molecular weight excluding hydrogens is 337 g/mol. The molecule has 0 aliphatic carbocycles. The van der Waals surface area contributed by atoms with Crippen molar-refractivity contribution in [3.63, 3.8) is 0 Å². The van der Waals surface area contributed by atoms with Crippen molar-refractivity contribution in [3.8, 4) is 11.4 Å². The molecule has 0 saturated heterocycles. The van der Waals surface area contributed by atoms with Crippen molar-refractivity contribution in [1.82, 2.24) is 9.97 Å². The van der Waals surface area contributed by atoms with Crippen LogP contribution in [-0.2, 0) is 6.54 Å². The highest BCUT2D eigenvalue weighted by Crippen LogP contribution is 2.29. The Morgan fingerprint density at radius 2 is 1.52 bits per heavy atom. The number of halogens is 1. The van der Waals surface area contributed by atoms with Crippen LogP contribution in [0.1, 0.15) is 12.5 Å². The van der Waals surface area contributed by atoms with Crippen LogP contribution in [0.2, 0.25) is 0 Å². The van der Waals surface area contributed by atoms with Crippen molar-refractivity contribution in [3.05, 3.63) is 90.2 Å². The SMILES string of the molecule is CCN(Cc1ccccc1)c1nc(-c2ccccc2F)nc2ccccc12. The van der Waals surface area contributed by atoms with Crippen molar-refractivity contribution in [2.24, 2.45) is 0 Å². The molecule has 0 aliphatic heterocycles. The molecule has 0 unspecified atom stereocenters. The topological polar surface area (TPSA) is 29.0 Å². The number of aromatic nitrogens is 2. The van der Waals surface area contributed by atoms with E-state index < -0.39 is 0 Å². The Balaban J connectivity index is 1.86. The molecule has 1 heterocycles. The first kappa shape index (κ1) is 17.2. The van der Waals surface area contributed by atoms with E-state index in [-0.39, 0.29) is 5.82 Å². The number of benzene rings is 3. The molecule has 0 fully saturated rings. The van der Waals surface area contributed by atoms with Gasteiger partial charge in [0.15, 0.2) is 5.82 Å². The lowest BCUT2D eigenvalue weighted by Crippen LogP contribution is -2.23. The summed E-state index contributed by atoms with van der Waals surface area (Å²) in [6, 6.07) is 24.8. The normalized spacial score (nSPS) is 10.9. The highest BCUT2D eigenvalue weighted by molar-refractivity contribution is 5.91. The summed E-state index contributed by atoms with van der Waals surface area (Å²) in [5, 5.41) is 0.968. The summed E-state index contributed by atoms with van der Waals surface area (Å²) < 4.78 is 14.3. The van der Waals surface area contributed by atoms with Crippen LogP contribution in [0.15, 0.2) is 78.9 Å². The molecule has 4 rings (SSSR count). The van der Waals surface area contributed by atoms with E-state index in [4.69, 9.17) is 4.98 Å². The molecule has 0 bridgehead atoms. The van der Waals surface area contributed by atoms with Crippen LogP contribution in [0.4, 0.5) is 10.2 Å². The number of nitrogens with zero attached hydrogens (tertiary/aromatic N) is 3. The van der Waals surface area contributed by atoms with Gasteiger partial charge in [0.1, 0.15) is 11.6 Å². The number of hydrogen-bond donors (Lipinski definition) is 0. The predicted molar refractivity (Wildman–Crippen MR) is 108 cm³/mol. The average molecular weight is 357 g/mol. The molecule has 0 amide bonds. The summed E-state index contributed by atoms with van der Waals surface area (Å²) in [6.45, 7) is 3.62. The summed E-state index contributed by atoms with van der Waals surface area (Å²) in [5.41, 5.74) is 2.43. The van der Waals surface area contributed by atoms with Gasteiger partial charge in [-0.05, 0) is 36.8 Å². The minimum Gasteiger partial charge on any atom is -0.352 e. The molecule has 0 aliphatic rings. The fraction of sp³-hybridized carbons (Fsp3) is 0.130. The lowest BCUT2D eigenvalue weighted by molar-refractivity contribution is 0.630. The lowest BCUT2D eigenvalue weighted by atomic mass is 10.1. The van der Waals surface area contributed by atoms with Crippen molar-refractivity contribution in [1.29, 1.82) is 0 Å². The third kappa shape index (κ3) is 3.51. The molecule has 3 aromatic carbocycles. The Hall–Kier alpha value is -3.27. The Morgan fingerprint density at radius 1 is 0.815 bits per heavy atom. The molecule has 3 nitrogen and oxygen atoms in total. The zero-order chi connectivity index (χ0) is 18.6. The second kappa shape index (κ2) is 7.54. The van der Waals surface area contributed by atoms with Gasteiger partial charge in [-0.15, -0.1) is 0 Å². The van der Waals surface area contributed by atoms with Gasteiger partial charge in [-0.2, -0.15) is 0 Å². The van der Waals surface area contributed by atoms with Crippen LogP contribution in [0.3, 0.4) is 0 Å². The number of rotatable bonds is 5. The largest absolute Gasteiger partial charge is 0.352 e. The van der Waals surface area contributed by atoms with Crippen LogP contribution in [0.25, 0.3) is 22.3 Å². The summed E-state index contributed by atoms with van der Waals surface area (Å²) >= 11 is 0.